The summed E-state index contributed by atoms with van der Waals surface area (Å²) in [6, 6.07) is 14.3. The lowest BCUT2D eigenvalue weighted by molar-refractivity contribution is -0.139. The first-order valence-electron chi connectivity index (χ1n) is 13.5. The molecule has 0 spiro atoms. The van der Waals surface area contributed by atoms with Crippen LogP contribution in [0.4, 0.5) is 10.1 Å². The minimum atomic E-state index is -4.31. The number of sulfonamides is 1. The zero-order chi connectivity index (χ0) is 30.4. The lowest BCUT2D eigenvalue weighted by Crippen LogP contribution is -2.52. The summed E-state index contributed by atoms with van der Waals surface area (Å²) in [7, 11) is -2.85. The van der Waals surface area contributed by atoms with Crippen molar-refractivity contribution in [2.24, 2.45) is 0 Å². The molecule has 1 aliphatic carbocycles. The molecule has 1 aliphatic rings. The van der Waals surface area contributed by atoms with Crippen LogP contribution in [0, 0.1) is 5.82 Å². The van der Waals surface area contributed by atoms with Gasteiger partial charge < -0.3 is 15.0 Å². The van der Waals surface area contributed by atoms with Gasteiger partial charge in [0, 0.05) is 22.6 Å². The van der Waals surface area contributed by atoms with Gasteiger partial charge in [-0.1, -0.05) is 42.1 Å². The number of nitrogens with one attached hydrogen (secondary N) is 1. The molecule has 0 bridgehead atoms. The molecule has 0 unspecified atom stereocenters. The third-order valence-electron chi connectivity index (χ3n) is 7.27. The average Bonchev–Trinajstić information content (AvgIpc) is 3.48. The predicted octanol–water partition coefficient (Wildman–Crippen LogP) is 5.81. The minimum absolute atomic E-state index is 0.0159. The number of hydrogen-bond donors (Lipinski definition) is 1. The van der Waals surface area contributed by atoms with Crippen LogP contribution in [0.1, 0.15) is 38.2 Å². The molecular weight excluding hydrogens is 604 g/mol. The number of anilines is 1. The van der Waals surface area contributed by atoms with Crippen molar-refractivity contribution in [2.45, 2.75) is 56.1 Å². The molecule has 0 saturated heterocycles. The Hall–Kier alpha value is -3.34. The third kappa shape index (κ3) is 7.53. The summed E-state index contributed by atoms with van der Waals surface area (Å²) < 4.78 is 47.6. The zero-order valence-electron chi connectivity index (χ0n) is 23.2. The second kappa shape index (κ2) is 13.8. The Balaban J connectivity index is 1.70. The largest absolute Gasteiger partial charge is 0.497 e. The molecule has 3 aromatic rings. The van der Waals surface area contributed by atoms with Gasteiger partial charge in [0.15, 0.2) is 0 Å². The Kier molecular flexibility index (Phi) is 10.3. The molecule has 1 saturated carbocycles. The molecule has 0 radical (unpaired) electrons. The van der Waals surface area contributed by atoms with E-state index in [4.69, 9.17) is 27.9 Å². The lowest BCUT2D eigenvalue weighted by atomic mass is 10.1. The van der Waals surface area contributed by atoms with Gasteiger partial charge in [-0.3, -0.25) is 13.9 Å². The number of halogens is 3. The van der Waals surface area contributed by atoms with E-state index in [1.165, 1.54) is 54.5 Å². The summed E-state index contributed by atoms with van der Waals surface area (Å²) in [5.74, 6) is -1.13. The first kappa shape index (κ1) is 31.6. The van der Waals surface area contributed by atoms with Gasteiger partial charge in [-0.15, -0.1) is 0 Å². The van der Waals surface area contributed by atoms with Gasteiger partial charge in [0.25, 0.3) is 10.0 Å². The van der Waals surface area contributed by atoms with E-state index in [-0.39, 0.29) is 29.1 Å². The predicted molar refractivity (Wildman–Crippen MR) is 161 cm³/mol. The van der Waals surface area contributed by atoms with Crippen LogP contribution in [-0.2, 0) is 26.2 Å². The number of amides is 2. The second-order valence-corrected chi connectivity index (χ2v) is 12.8. The van der Waals surface area contributed by atoms with Crippen molar-refractivity contribution in [1.29, 1.82) is 0 Å². The van der Waals surface area contributed by atoms with Crippen LogP contribution >= 0.6 is 23.2 Å². The van der Waals surface area contributed by atoms with Crippen LogP contribution in [0.25, 0.3) is 0 Å². The normalized spacial score (nSPS) is 14.3. The van der Waals surface area contributed by atoms with Crippen LogP contribution in [0.5, 0.6) is 5.75 Å². The van der Waals surface area contributed by atoms with Gasteiger partial charge in [0.1, 0.15) is 24.2 Å². The Bertz CT molecular complexity index is 1510. The number of benzene rings is 3. The fourth-order valence-corrected chi connectivity index (χ4v) is 6.70. The molecule has 224 valence electrons. The molecule has 1 N–H and O–H groups in total. The van der Waals surface area contributed by atoms with Crippen molar-refractivity contribution in [3.05, 3.63) is 88.2 Å². The van der Waals surface area contributed by atoms with Gasteiger partial charge >= 0.3 is 0 Å². The summed E-state index contributed by atoms with van der Waals surface area (Å²) in [5.41, 5.74) is 0.606. The van der Waals surface area contributed by atoms with E-state index in [0.717, 1.165) is 42.1 Å². The fraction of sp³-hybridized carbons (Fsp3) is 0.333. The molecule has 2 amide bonds. The summed E-state index contributed by atoms with van der Waals surface area (Å²) in [6.45, 7) is 0.854. The molecule has 0 aromatic heterocycles. The van der Waals surface area contributed by atoms with Crippen molar-refractivity contribution < 1.29 is 27.1 Å². The first-order valence-corrected chi connectivity index (χ1v) is 15.7. The Morgan fingerprint density at radius 2 is 1.67 bits per heavy atom. The standard InChI is InChI=1S/C30H32Cl2FN3O5S/c1-20(30(38)34-24-5-3-4-6-24)35(18-21-7-8-22(31)17-28(21)32)29(37)19-36(25-11-9-23(33)10-12-25)42(39,40)27-15-13-26(41-2)14-16-27/h7-17,20,24H,3-6,18-19H2,1-2H3,(H,34,38)/t20-/m0/s1. The maximum atomic E-state index is 14.0. The van der Waals surface area contributed by atoms with Crippen molar-refractivity contribution in [1.82, 2.24) is 10.2 Å². The third-order valence-corrected chi connectivity index (χ3v) is 9.64. The maximum absolute atomic E-state index is 14.0. The Morgan fingerprint density at radius 3 is 2.26 bits per heavy atom. The smallest absolute Gasteiger partial charge is 0.264 e. The quantitative estimate of drug-likeness (QED) is 0.287. The maximum Gasteiger partial charge on any atom is 0.264 e. The van der Waals surface area contributed by atoms with E-state index in [0.29, 0.717) is 21.4 Å². The van der Waals surface area contributed by atoms with Crippen LogP contribution in [0.3, 0.4) is 0 Å². The lowest BCUT2D eigenvalue weighted by Gasteiger charge is -2.32. The highest BCUT2D eigenvalue weighted by Crippen LogP contribution is 2.28. The highest BCUT2D eigenvalue weighted by atomic mass is 35.5. The van der Waals surface area contributed by atoms with Crippen LogP contribution in [0.2, 0.25) is 10.0 Å². The number of methoxy groups -OCH3 is 1. The van der Waals surface area contributed by atoms with Crippen molar-refractivity contribution in [2.75, 3.05) is 18.0 Å². The molecule has 0 aliphatic heterocycles. The summed E-state index contributed by atoms with van der Waals surface area (Å²) in [6.07, 6.45) is 3.73. The second-order valence-electron chi connectivity index (χ2n) is 10.1. The molecule has 42 heavy (non-hydrogen) atoms. The minimum Gasteiger partial charge on any atom is -0.497 e. The van der Waals surface area contributed by atoms with E-state index in [1.807, 2.05) is 0 Å². The average molecular weight is 637 g/mol. The molecular formula is C30H32Cl2FN3O5S. The summed E-state index contributed by atoms with van der Waals surface area (Å²) in [4.78, 5) is 28.5. The SMILES string of the molecule is COc1ccc(S(=O)(=O)N(CC(=O)N(Cc2ccc(Cl)cc2Cl)[C@@H](C)C(=O)NC2CCCC2)c2ccc(F)cc2)cc1. The highest BCUT2D eigenvalue weighted by Gasteiger charge is 2.33. The van der Waals surface area contributed by atoms with E-state index < -0.39 is 34.3 Å². The van der Waals surface area contributed by atoms with Crippen molar-refractivity contribution >= 4 is 50.7 Å². The Morgan fingerprint density at radius 1 is 1.02 bits per heavy atom. The molecule has 1 fully saturated rings. The van der Waals surface area contributed by atoms with Gasteiger partial charge in [0.2, 0.25) is 11.8 Å². The van der Waals surface area contributed by atoms with Crippen LogP contribution in [0.15, 0.2) is 71.6 Å². The van der Waals surface area contributed by atoms with E-state index in [2.05, 4.69) is 5.32 Å². The molecule has 12 heteroatoms. The van der Waals surface area contributed by atoms with Crippen LogP contribution < -0.4 is 14.4 Å². The highest BCUT2D eigenvalue weighted by molar-refractivity contribution is 7.92. The number of nitrogens with zero attached hydrogens (tertiary/aromatic N) is 2. The van der Waals surface area contributed by atoms with Gasteiger partial charge in [-0.05, 0) is 86.0 Å². The molecule has 0 heterocycles. The van der Waals surface area contributed by atoms with Crippen molar-refractivity contribution in [3.8, 4) is 5.75 Å². The Labute approximate surface area is 255 Å². The number of rotatable bonds is 11. The topological polar surface area (TPSA) is 96.0 Å². The number of hydrogen-bond acceptors (Lipinski definition) is 5. The van der Waals surface area contributed by atoms with Gasteiger partial charge in [-0.25, -0.2) is 12.8 Å². The number of carbonyl (C=O) groups is 2. The van der Waals surface area contributed by atoms with E-state index in [9.17, 15) is 22.4 Å². The van der Waals surface area contributed by atoms with Gasteiger partial charge in [0.05, 0.1) is 17.7 Å². The van der Waals surface area contributed by atoms with E-state index >= 15 is 0 Å². The molecule has 3 aromatic carbocycles. The van der Waals surface area contributed by atoms with Crippen molar-refractivity contribution in [3.63, 3.8) is 0 Å². The number of carbonyl (C=O) groups excluding carboxylic acids is 2. The van der Waals surface area contributed by atoms with Gasteiger partial charge in [-0.2, -0.15) is 0 Å². The molecule has 4 rings (SSSR count). The fourth-order valence-electron chi connectivity index (χ4n) is 4.82. The van der Waals surface area contributed by atoms with E-state index in [1.54, 1.807) is 19.1 Å². The summed E-state index contributed by atoms with van der Waals surface area (Å²) >= 11 is 12.5. The molecule has 1 atom stereocenters. The number of ether oxygens (including phenoxy) is 1. The monoisotopic (exact) mass is 635 g/mol. The summed E-state index contributed by atoms with van der Waals surface area (Å²) in [5, 5.41) is 3.71. The molecule has 8 nitrogen and oxygen atoms in total. The van der Waals surface area contributed by atoms with Crippen LogP contribution in [-0.4, -0.2) is 50.9 Å². The zero-order valence-corrected chi connectivity index (χ0v) is 25.6. The first-order chi connectivity index (χ1) is 20.0.